The van der Waals surface area contributed by atoms with Crippen LogP contribution >= 0.6 is 15.9 Å². The molecule has 1 unspecified atom stereocenters. The van der Waals surface area contributed by atoms with Crippen molar-refractivity contribution in [1.82, 2.24) is 0 Å². The fourth-order valence-corrected chi connectivity index (χ4v) is 1.21. The molecular formula is C10H14BrNO. The number of rotatable bonds is 4. The van der Waals surface area contributed by atoms with Gasteiger partial charge in [0.2, 0.25) is 0 Å². The molecule has 0 heterocycles. The van der Waals surface area contributed by atoms with E-state index < -0.39 is 0 Å². The van der Waals surface area contributed by atoms with Gasteiger partial charge < -0.3 is 10.4 Å². The molecule has 2 nitrogen and oxygen atoms in total. The Morgan fingerprint density at radius 2 is 2.00 bits per heavy atom. The van der Waals surface area contributed by atoms with Crippen LogP contribution in [0.3, 0.4) is 0 Å². The van der Waals surface area contributed by atoms with Crippen LogP contribution in [0.2, 0.25) is 0 Å². The zero-order chi connectivity index (χ0) is 9.68. The van der Waals surface area contributed by atoms with E-state index in [0.29, 0.717) is 6.54 Å². The summed E-state index contributed by atoms with van der Waals surface area (Å²) in [5, 5.41) is 12.5. The van der Waals surface area contributed by atoms with E-state index in [-0.39, 0.29) is 6.10 Å². The van der Waals surface area contributed by atoms with Gasteiger partial charge in [0.05, 0.1) is 6.10 Å². The quantitative estimate of drug-likeness (QED) is 0.853. The molecule has 0 fully saturated rings. The van der Waals surface area contributed by atoms with E-state index in [1.807, 2.05) is 31.2 Å². The van der Waals surface area contributed by atoms with Gasteiger partial charge in [-0.05, 0) is 30.7 Å². The van der Waals surface area contributed by atoms with E-state index in [0.717, 1.165) is 16.6 Å². The molecule has 0 spiro atoms. The maximum Gasteiger partial charge on any atom is 0.0709 e. The van der Waals surface area contributed by atoms with Gasteiger partial charge in [-0.2, -0.15) is 0 Å². The summed E-state index contributed by atoms with van der Waals surface area (Å²) in [4.78, 5) is 0. The Morgan fingerprint density at radius 3 is 2.54 bits per heavy atom. The second-order valence-corrected chi connectivity index (χ2v) is 3.87. The Kier molecular flexibility index (Phi) is 4.25. The highest BCUT2D eigenvalue weighted by Crippen LogP contribution is 2.13. The number of nitrogens with one attached hydrogen (secondary N) is 1. The molecule has 13 heavy (non-hydrogen) atoms. The van der Waals surface area contributed by atoms with Crippen LogP contribution in [0.4, 0.5) is 5.69 Å². The van der Waals surface area contributed by atoms with Crippen LogP contribution in [-0.4, -0.2) is 17.8 Å². The maximum absolute atomic E-state index is 9.30. The Morgan fingerprint density at radius 1 is 1.38 bits per heavy atom. The summed E-state index contributed by atoms with van der Waals surface area (Å²) >= 11 is 3.36. The predicted octanol–water partition coefficient (Wildman–Crippen LogP) is 2.63. The Labute approximate surface area is 87.1 Å². The van der Waals surface area contributed by atoms with Gasteiger partial charge in [0.25, 0.3) is 0 Å². The predicted molar refractivity (Wildman–Crippen MR) is 58.9 cm³/mol. The Hall–Kier alpha value is -0.540. The van der Waals surface area contributed by atoms with Crippen LogP contribution < -0.4 is 5.32 Å². The maximum atomic E-state index is 9.30. The van der Waals surface area contributed by atoms with Gasteiger partial charge in [0.15, 0.2) is 0 Å². The van der Waals surface area contributed by atoms with Crippen LogP contribution in [0, 0.1) is 0 Å². The number of aliphatic hydroxyl groups excluding tert-OH is 1. The highest BCUT2D eigenvalue weighted by atomic mass is 79.9. The fraction of sp³-hybridized carbons (Fsp3) is 0.400. The van der Waals surface area contributed by atoms with Crippen molar-refractivity contribution in [2.24, 2.45) is 0 Å². The summed E-state index contributed by atoms with van der Waals surface area (Å²) in [6.07, 6.45) is 0.521. The van der Waals surface area contributed by atoms with Crippen LogP contribution in [0.5, 0.6) is 0 Å². The smallest absolute Gasteiger partial charge is 0.0709 e. The summed E-state index contributed by atoms with van der Waals surface area (Å²) in [5.74, 6) is 0. The molecule has 0 saturated heterocycles. The lowest BCUT2D eigenvalue weighted by Crippen LogP contribution is -2.17. The van der Waals surface area contributed by atoms with Crippen LogP contribution in [0.25, 0.3) is 0 Å². The molecular weight excluding hydrogens is 230 g/mol. The molecule has 1 aromatic carbocycles. The fourth-order valence-electron chi connectivity index (χ4n) is 0.948. The van der Waals surface area contributed by atoms with Crippen molar-refractivity contribution in [2.45, 2.75) is 19.4 Å². The largest absolute Gasteiger partial charge is 0.391 e. The van der Waals surface area contributed by atoms with Crippen molar-refractivity contribution < 1.29 is 5.11 Å². The molecule has 0 aliphatic heterocycles. The molecule has 0 aliphatic rings. The molecule has 0 aromatic heterocycles. The molecule has 0 bridgehead atoms. The standard InChI is InChI=1S/C10H14BrNO/c1-2-10(13)7-12-9-5-3-8(11)4-6-9/h3-6,10,12-13H,2,7H2,1H3. The van der Waals surface area contributed by atoms with E-state index in [1.165, 1.54) is 0 Å². The van der Waals surface area contributed by atoms with Crippen LogP contribution in [0.15, 0.2) is 28.7 Å². The van der Waals surface area contributed by atoms with Gasteiger partial charge in [0, 0.05) is 16.7 Å². The molecule has 1 atom stereocenters. The average molecular weight is 244 g/mol. The first-order valence-electron chi connectivity index (χ1n) is 4.40. The monoisotopic (exact) mass is 243 g/mol. The highest BCUT2D eigenvalue weighted by Gasteiger charge is 1.99. The van der Waals surface area contributed by atoms with Gasteiger partial charge in [-0.25, -0.2) is 0 Å². The lowest BCUT2D eigenvalue weighted by molar-refractivity contribution is 0.183. The number of aliphatic hydroxyl groups is 1. The number of benzene rings is 1. The first-order chi connectivity index (χ1) is 6.22. The number of hydrogen-bond acceptors (Lipinski definition) is 2. The van der Waals surface area contributed by atoms with Crippen molar-refractivity contribution in [3.8, 4) is 0 Å². The van der Waals surface area contributed by atoms with Gasteiger partial charge in [-0.15, -0.1) is 0 Å². The van der Waals surface area contributed by atoms with E-state index in [4.69, 9.17) is 0 Å². The van der Waals surface area contributed by atoms with Crippen LogP contribution in [-0.2, 0) is 0 Å². The van der Waals surface area contributed by atoms with E-state index in [2.05, 4.69) is 21.2 Å². The van der Waals surface area contributed by atoms with Crippen molar-refractivity contribution in [1.29, 1.82) is 0 Å². The first kappa shape index (κ1) is 10.5. The second-order valence-electron chi connectivity index (χ2n) is 2.95. The minimum Gasteiger partial charge on any atom is -0.391 e. The van der Waals surface area contributed by atoms with Crippen molar-refractivity contribution in [2.75, 3.05) is 11.9 Å². The van der Waals surface area contributed by atoms with E-state index >= 15 is 0 Å². The Balaban J connectivity index is 2.41. The lowest BCUT2D eigenvalue weighted by Gasteiger charge is -2.10. The zero-order valence-corrected chi connectivity index (χ0v) is 9.21. The second kappa shape index (κ2) is 5.25. The molecule has 3 heteroatoms. The van der Waals surface area contributed by atoms with E-state index in [1.54, 1.807) is 0 Å². The number of anilines is 1. The topological polar surface area (TPSA) is 32.3 Å². The summed E-state index contributed by atoms with van der Waals surface area (Å²) in [6, 6.07) is 7.90. The normalized spacial score (nSPS) is 12.5. The molecule has 72 valence electrons. The third-order valence-corrected chi connectivity index (χ3v) is 2.39. The minimum atomic E-state index is -0.261. The Bertz CT molecular complexity index is 248. The van der Waals surface area contributed by atoms with Crippen molar-refractivity contribution in [3.05, 3.63) is 28.7 Å². The van der Waals surface area contributed by atoms with Gasteiger partial charge in [-0.1, -0.05) is 22.9 Å². The summed E-state index contributed by atoms with van der Waals surface area (Å²) in [6.45, 7) is 2.58. The summed E-state index contributed by atoms with van der Waals surface area (Å²) < 4.78 is 1.06. The first-order valence-corrected chi connectivity index (χ1v) is 5.19. The molecule has 1 rings (SSSR count). The summed E-state index contributed by atoms with van der Waals surface area (Å²) in [5.41, 5.74) is 1.04. The van der Waals surface area contributed by atoms with Gasteiger partial charge in [0.1, 0.15) is 0 Å². The van der Waals surface area contributed by atoms with Crippen molar-refractivity contribution in [3.63, 3.8) is 0 Å². The van der Waals surface area contributed by atoms with Gasteiger partial charge >= 0.3 is 0 Å². The summed E-state index contributed by atoms with van der Waals surface area (Å²) in [7, 11) is 0. The SMILES string of the molecule is CCC(O)CNc1ccc(Br)cc1. The van der Waals surface area contributed by atoms with E-state index in [9.17, 15) is 5.11 Å². The highest BCUT2D eigenvalue weighted by molar-refractivity contribution is 9.10. The molecule has 0 radical (unpaired) electrons. The average Bonchev–Trinajstić information content (AvgIpc) is 2.16. The third-order valence-electron chi connectivity index (χ3n) is 1.86. The lowest BCUT2D eigenvalue weighted by atomic mass is 10.2. The molecule has 1 aromatic rings. The third kappa shape index (κ3) is 3.79. The number of halogens is 1. The minimum absolute atomic E-state index is 0.261. The molecule has 0 saturated carbocycles. The number of hydrogen-bond donors (Lipinski definition) is 2. The zero-order valence-electron chi connectivity index (χ0n) is 7.63. The van der Waals surface area contributed by atoms with Gasteiger partial charge in [-0.3, -0.25) is 0 Å². The molecule has 2 N–H and O–H groups in total. The molecule has 0 amide bonds. The van der Waals surface area contributed by atoms with Crippen molar-refractivity contribution >= 4 is 21.6 Å². The van der Waals surface area contributed by atoms with Crippen LogP contribution in [0.1, 0.15) is 13.3 Å². The molecule has 0 aliphatic carbocycles.